The van der Waals surface area contributed by atoms with Gasteiger partial charge in [-0.05, 0) is 0 Å². The molecule has 0 heterocycles. The fraction of sp³-hybridized carbons (Fsp3) is 0.714. The van der Waals surface area contributed by atoms with E-state index < -0.39 is 0 Å². The summed E-state index contributed by atoms with van der Waals surface area (Å²) in [5, 5.41) is 10.7. The van der Waals surface area contributed by atoms with Gasteiger partial charge in [0.15, 0.2) is 0 Å². The molecule has 0 radical (unpaired) electrons. The molecule has 0 fully saturated rings. The molecule has 0 aromatic rings. The summed E-state index contributed by atoms with van der Waals surface area (Å²) in [4.78, 5) is 10.8. The fourth-order valence-electron chi connectivity index (χ4n) is 0.550. The number of carbonyl (C=O) groups excluding carboxylic acids is 1. The minimum absolute atomic E-state index is 0.0939. The highest BCUT2D eigenvalue weighted by Gasteiger charge is 1.97. The van der Waals surface area contributed by atoms with Crippen molar-refractivity contribution in [1.82, 2.24) is 5.32 Å². The lowest BCUT2D eigenvalue weighted by Crippen LogP contribution is -2.26. The molecule has 0 aromatic heterocycles. The first-order valence-corrected chi connectivity index (χ1v) is 3.44. The predicted octanol–water partition coefficient (Wildman–Crippen LogP) is 0.0528. The number of nitrogens with zero attached hydrogens (tertiary/aromatic N) is 1. The third-order valence-electron chi connectivity index (χ3n) is 1.09. The van der Waals surface area contributed by atoms with Gasteiger partial charge in [0, 0.05) is 26.5 Å². The molecule has 0 unspecified atom stereocenters. The van der Waals surface area contributed by atoms with Crippen LogP contribution in [0.1, 0.15) is 12.8 Å². The van der Waals surface area contributed by atoms with Crippen molar-refractivity contribution in [2.45, 2.75) is 12.8 Å². The van der Waals surface area contributed by atoms with Gasteiger partial charge in [-0.3, -0.25) is 4.79 Å². The molecule has 1 N–H and O–H groups in total. The maximum Gasteiger partial charge on any atom is 0.221 e. The first-order chi connectivity index (χ1) is 5.31. The predicted molar refractivity (Wildman–Crippen MR) is 39.7 cm³/mol. The van der Waals surface area contributed by atoms with Crippen molar-refractivity contribution in [1.29, 1.82) is 5.26 Å². The van der Waals surface area contributed by atoms with E-state index in [1.165, 1.54) is 0 Å². The molecule has 0 rings (SSSR count). The average molecular weight is 156 g/mol. The highest BCUT2D eigenvalue weighted by atomic mass is 16.5. The molecule has 4 nitrogen and oxygen atoms in total. The number of methoxy groups -OCH3 is 1. The second-order valence-corrected chi connectivity index (χ2v) is 2.00. The standard InChI is InChI=1S/C7H12N2O2/c1-11-6-5-9-7(10)3-2-4-8/h2-3,5-6H2,1H3,(H,9,10). The van der Waals surface area contributed by atoms with Crippen LogP contribution >= 0.6 is 0 Å². The number of rotatable bonds is 5. The van der Waals surface area contributed by atoms with E-state index in [1.807, 2.05) is 6.07 Å². The van der Waals surface area contributed by atoms with E-state index in [1.54, 1.807) is 7.11 Å². The van der Waals surface area contributed by atoms with Crippen molar-refractivity contribution in [3.05, 3.63) is 0 Å². The van der Waals surface area contributed by atoms with Gasteiger partial charge in [-0.15, -0.1) is 0 Å². The van der Waals surface area contributed by atoms with Gasteiger partial charge in [0.1, 0.15) is 0 Å². The lowest BCUT2D eigenvalue weighted by molar-refractivity contribution is -0.121. The van der Waals surface area contributed by atoms with Crippen molar-refractivity contribution in [2.24, 2.45) is 0 Å². The van der Waals surface area contributed by atoms with Gasteiger partial charge in [0.05, 0.1) is 12.7 Å². The zero-order chi connectivity index (χ0) is 8.53. The van der Waals surface area contributed by atoms with Crippen LogP contribution in [-0.2, 0) is 9.53 Å². The Kier molecular flexibility index (Phi) is 6.34. The summed E-state index contributed by atoms with van der Waals surface area (Å²) in [5.74, 6) is -0.0939. The number of amides is 1. The molecule has 0 saturated heterocycles. The van der Waals surface area contributed by atoms with Crippen LogP contribution in [0.2, 0.25) is 0 Å². The van der Waals surface area contributed by atoms with E-state index in [0.29, 0.717) is 13.2 Å². The number of ether oxygens (including phenoxy) is 1. The number of hydrogen-bond acceptors (Lipinski definition) is 3. The number of hydrogen-bond donors (Lipinski definition) is 1. The molecule has 0 aromatic carbocycles. The van der Waals surface area contributed by atoms with Crippen LogP contribution in [0.25, 0.3) is 0 Å². The number of nitrogens with one attached hydrogen (secondary N) is 1. The molecule has 0 bridgehead atoms. The van der Waals surface area contributed by atoms with Crippen molar-refractivity contribution >= 4 is 5.91 Å². The van der Waals surface area contributed by atoms with Crippen molar-refractivity contribution < 1.29 is 9.53 Å². The summed E-state index contributed by atoms with van der Waals surface area (Å²) in [6.07, 6.45) is 0.555. The highest BCUT2D eigenvalue weighted by Crippen LogP contribution is 1.84. The second-order valence-electron chi connectivity index (χ2n) is 2.00. The fourth-order valence-corrected chi connectivity index (χ4v) is 0.550. The third-order valence-corrected chi connectivity index (χ3v) is 1.09. The Morgan fingerprint density at radius 2 is 2.45 bits per heavy atom. The second kappa shape index (κ2) is 7.03. The van der Waals surface area contributed by atoms with E-state index in [0.717, 1.165) is 0 Å². The topological polar surface area (TPSA) is 62.1 Å². The van der Waals surface area contributed by atoms with Crippen molar-refractivity contribution in [3.8, 4) is 6.07 Å². The van der Waals surface area contributed by atoms with Crippen molar-refractivity contribution in [2.75, 3.05) is 20.3 Å². The first-order valence-electron chi connectivity index (χ1n) is 3.44. The monoisotopic (exact) mass is 156 g/mol. The molecule has 0 aliphatic rings. The molecule has 1 amide bonds. The molecule has 0 saturated carbocycles. The summed E-state index contributed by atoms with van der Waals surface area (Å²) in [6, 6.07) is 1.90. The van der Waals surface area contributed by atoms with Gasteiger partial charge in [-0.25, -0.2) is 0 Å². The maximum atomic E-state index is 10.8. The van der Waals surface area contributed by atoms with Crippen molar-refractivity contribution in [3.63, 3.8) is 0 Å². The van der Waals surface area contributed by atoms with E-state index in [9.17, 15) is 4.79 Å². The molecule has 0 aliphatic carbocycles. The Morgan fingerprint density at radius 1 is 1.73 bits per heavy atom. The van der Waals surface area contributed by atoms with Crippen LogP contribution in [0.15, 0.2) is 0 Å². The zero-order valence-electron chi connectivity index (χ0n) is 6.59. The van der Waals surface area contributed by atoms with Crippen LogP contribution < -0.4 is 5.32 Å². The lowest BCUT2D eigenvalue weighted by Gasteiger charge is -2.00. The summed E-state index contributed by atoms with van der Waals surface area (Å²) in [7, 11) is 1.57. The largest absolute Gasteiger partial charge is 0.383 e. The third kappa shape index (κ3) is 6.81. The number of carbonyl (C=O) groups is 1. The van der Waals surface area contributed by atoms with Crippen LogP contribution in [0.4, 0.5) is 0 Å². The van der Waals surface area contributed by atoms with Gasteiger partial charge in [0.2, 0.25) is 5.91 Å². The van der Waals surface area contributed by atoms with Gasteiger partial charge in [0.25, 0.3) is 0 Å². The van der Waals surface area contributed by atoms with Crippen LogP contribution in [0.3, 0.4) is 0 Å². The van der Waals surface area contributed by atoms with E-state index in [-0.39, 0.29) is 18.7 Å². The normalized spacial score (nSPS) is 8.73. The van der Waals surface area contributed by atoms with Crippen LogP contribution in [0, 0.1) is 11.3 Å². The molecule has 11 heavy (non-hydrogen) atoms. The Balaban J connectivity index is 3.17. The molecule has 0 spiro atoms. The smallest absolute Gasteiger partial charge is 0.221 e. The molecule has 0 atom stereocenters. The van der Waals surface area contributed by atoms with E-state index >= 15 is 0 Å². The van der Waals surface area contributed by atoms with Crippen LogP contribution in [-0.4, -0.2) is 26.2 Å². The lowest BCUT2D eigenvalue weighted by atomic mass is 10.3. The quantitative estimate of drug-likeness (QED) is 0.572. The first kappa shape index (κ1) is 9.92. The van der Waals surface area contributed by atoms with E-state index in [2.05, 4.69) is 5.32 Å². The molecular formula is C7H12N2O2. The average Bonchev–Trinajstić information content (AvgIpc) is 2.01. The zero-order valence-corrected chi connectivity index (χ0v) is 6.59. The number of nitriles is 1. The summed E-state index contributed by atoms with van der Waals surface area (Å²) < 4.78 is 4.72. The summed E-state index contributed by atoms with van der Waals surface area (Å²) >= 11 is 0. The summed E-state index contributed by atoms with van der Waals surface area (Å²) in [5.41, 5.74) is 0. The Bertz CT molecular complexity index is 151. The van der Waals surface area contributed by atoms with Crippen LogP contribution in [0.5, 0.6) is 0 Å². The molecule has 4 heteroatoms. The minimum Gasteiger partial charge on any atom is -0.383 e. The van der Waals surface area contributed by atoms with Gasteiger partial charge in [-0.2, -0.15) is 5.26 Å². The molecule has 62 valence electrons. The Hall–Kier alpha value is -1.08. The van der Waals surface area contributed by atoms with Gasteiger partial charge >= 0.3 is 0 Å². The van der Waals surface area contributed by atoms with Gasteiger partial charge in [-0.1, -0.05) is 0 Å². The Labute approximate surface area is 66.1 Å². The minimum atomic E-state index is -0.0939. The maximum absolute atomic E-state index is 10.8. The Morgan fingerprint density at radius 3 is 3.00 bits per heavy atom. The SMILES string of the molecule is COCCNC(=O)CCC#N. The summed E-state index contributed by atoms with van der Waals surface area (Å²) in [6.45, 7) is 1.03. The van der Waals surface area contributed by atoms with E-state index in [4.69, 9.17) is 10.00 Å². The highest BCUT2D eigenvalue weighted by molar-refractivity contribution is 5.75. The van der Waals surface area contributed by atoms with Gasteiger partial charge < -0.3 is 10.1 Å². The molecule has 0 aliphatic heterocycles. The molecular weight excluding hydrogens is 144 g/mol.